The number of para-hydroxylation sites is 1. The predicted molar refractivity (Wildman–Crippen MR) is 100 cm³/mol. The van der Waals surface area contributed by atoms with Gasteiger partial charge in [0.15, 0.2) is 6.54 Å². The van der Waals surface area contributed by atoms with Crippen LogP contribution in [0.5, 0.6) is 0 Å². The molecule has 6 heteroatoms. The molecule has 1 fully saturated rings. The van der Waals surface area contributed by atoms with Gasteiger partial charge in [-0.05, 0) is 30.0 Å². The summed E-state index contributed by atoms with van der Waals surface area (Å²) in [6, 6.07) is 12.1. The highest BCUT2D eigenvalue weighted by Crippen LogP contribution is 2.24. The first-order valence-electron chi connectivity index (χ1n) is 8.34. The van der Waals surface area contributed by atoms with E-state index in [9.17, 15) is 4.79 Å². The quantitative estimate of drug-likeness (QED) is 0.814. The van der Waals surface area contributed by atoms with Crippen molar-refractivity contribution in [2.45, 2.75) is 6.42 Å². The maximum Gasteiger partial charge on any atom is 0.275 e. The van der Waals surface area contributed by atoms with Gasteiger partial charge in [0.25, 0.3) is 5.91 Å². The molecule has 24 heavy (non-hydrogen) atoms. The fourth-order valence-corrected chi connectivity index (χ4v) is 3.98. The minimum atomic E-state index is 0.146. The number of anilines is 1. The van der Waals surface area contributed by atoms with Gasteiger partial charge in [-0.25, -0.2) is 0 Å². The van der Waals surface area contributed by atoms with Crippen LogP contribution in [0.2, 0.25) is 5.02 Å². The number of hydrogen-bond acceptors (Lipinski definition) is 3. The van der Waals surface area contributed by atoms with Gasteiger partial charge in [-0.1, -0.05) is 29.8 Å². The Morgan fingerprint density at radius 2 is 2.00 bits per heavy atom. The van der Waals surface area contributed by atoms with Crippen molar-refractivity contribution < 1.29 is 9.69 Å². The molecule has 1 aromatic heterocycles. The monoisotopic (exact) mass is 364 g/mol. The maximum absolute atomic E-state index is 12.1. The molecule has 2 heterocycles. The van der Waals surface area contributed by atoms with Crippen molar-refractivity contribution in [2.75, 3.05) is 44.2 Å². The minimum Gasteiger partial charge on any atom is -0.359 e. The average Bonchev–Trinajstić information content (AvgIpc) is 3.10. The van der Waals surface area contributed by atoms with E-state index in [0.717, 1.165) is 49.9 Å². The number of carbonyl (C=O) groups is 1. The van der Waals surface area contributed by atoms with Crippen LogP contribution in [0.4, 0.5) is 5.69 Å². The van der Waals surface area contributed by atoms with E-state index in [0.29, 0.717) is 6.54 Å². The Hall–Kier alpha value is -1.56. The van der Waals surface area contributed by atoms with E-state index in [1.165, 1.54) is 9.78 Å². The first-order valence-corrected chi connectivity index (χ1v) is 9.60. The number of benzene rings is 1. The lowest BCUT2D eigenvalue weighted by Gasteiger charge is -2.33. The molecule has 0 bridgehead atoms. The molecule has 1 aliphatic rings. The van der Waals surface area contributed by atoms with Crippen LogP contribution in [0.15, 0.2) is 41.8 Å². The van der Waals surface area contributed by atoms with Gasteiger partial charge < -0.3 is 15.1 Å². The zero-order chi connectivity index (χ0) is 16.8. The molecule has 0 aliphatic carbocycles. The number of thiophene rings is 1. The SMILES string of the molecule is O=C(C[NH+]1CCN(c2ccccc2Cl)CC1)NCCc1cccs1. The molecule has 2 aromatic rings. The van der Waals surface area contributed by atoms with E-state index in [-0.39, 0.29) is 5.91 Å². The Bertz CT molecular complexity index is 654. The van der Waals surface area contributed by atoms with Crippen LogP contribution in [0.25, 0.3) is 0 Å². The van der Waals surface area contributed by atoms with E-state index in [1.807, 2.05) is 24.3 Å². The number of piperazine rings is 1. The van der Waals surface area contributed by atoms with Crippen LogP contribution in [0, 0.1) is 0 Å². The van der Waals surface area contributed by atoms with E-state index >= 15 is 0 Å². The predicted octanol–water partition coefficient (Wildman–Crippen LogP) is 1.47. The summed E-state index contributed by atoms with van der Waals surface area (Å²) in [6.07, 6.45) is 0.916. The fourth-order valence-electron chi connectivity index (χ4n) is 3.02. The lowest BCUT2D eigenvalue weighted by molar-refractivity contribution is -0.892. The zero-order valence-corrected chi connectivity index (χ0v) is 15.2. The maximum atomic E-state index is 12.1. The Morgan fingerprint density at radius 1 is 1.21 bits per heavy atom. The van der Waals surface area contributed by atoms with Gasteiger partial charge in [0.1, 0.15) is 0 Å². The van der Waals surface area contributed by atoms with Crippen molar-refractivity contribution in [1.29, 1.82) is 0 Å². The van der Waals surface area contributed by atoms with E-state index < -0.39 is 0 Å². The van der Waals surface area contributed by atoms with Crippen LogP contribution >= 0.6 is 22.9 Å². The number of quaternary nitrogens is 1. The van der Waals surface area contributed by atoms with E-state index in [2.05, 4.69) is 27.7 Å². The highest BCUT2D eigenvalue weighted by atomic mass is 35.5. The topological polar surface area (TPSA) is 36.8 Å². The Labute approximate surface area is 152 Å². The molecule has 2 N–H and O–H groups in total. The normalized spacial score (nSPS) is 15.5. The summed E-state index contributed by atoms with van der Waals surface area (Å²) in [6.45, 7) is 5.06. The molecular formula is C18H23ClN3OS+. The summed E-state index contributed by atoms with van der Waals surface area (Å²) >= 11 is 8.00. The molecule has 0 saturated carbocycles. The molecule has 1 aliphatic heterocycles. The molecule has 1 aromatic carbocycles. The van der Waals surface area contributed by atoms with Crippen molar-refractivity contribution in [2.24, 2.45) is 0 Å². The van der Waals surface area contributed by atoms with Crippen LogP contribution in [0.1, 0.15) is 4.88 Å². The molecule has 1 saturated heterocycles. The molecular weight excluding hydrogens is 342 g/mol. The Kier molecular flexibility index (Phi) is 6.12. The second-order valence-corrected chi connectivity index (χ2v) is 7.48. The number of carbonyl (C=O) groups excluding carboxylic acids is 1. The Balaban J connectivity index is 1.39. The molecule has 4 nitrogen and oxygen atoms in total. The smallest absolute Gasteiger partial charge is 0.275 e. The fraction of sp³-hybridized carbons (Fsp3) is 0.389. The second kappa shape index (κ2) is 8.51. The molecule has 1 amide bonds. The first kappa shape index (κ1) is 17.3. The number of rotatable bonds is 6. The first-order chi connectivity index (χ1) is 11.7. The third kappa shape index (κ3) is 4.72. The summed E-state index contributed by atoms with van der Waals surface area (Å²) in [5, 5.41) is 5.90. The summed E-state index contributed by atoms with van der Waals surface area (Å²) in [4.78, 5) is 17.0. The van der Waals surface area contributed by atoms with Gasteiger partial charge >= 0.3 is 0 Å². The highest BCUT2D eigenvalue weighted by molar-refractivity contribution is 7.09. The average molecular weight is 365 g/mol. The third-order valence-electron chi connectivity index (χ3n) is 4.35. The minimum absolute atomic E-state index is 0.146. The standard InChI is InChI=1S/C18H22ClN3OS/c19-16-5-1-2-6-17(16)22-11-9-21(10-12-22)14-18(23)20-8-7-15-4-3-13-24-15/h1-6,13H,7-12,14H2,(H,20,23)/p+1. The van der Waals surface area contributed by atoms with Gasteiger partial charge in [0.05, 0.1) is 36.9 Å². The number of amides is 1. The number of nitrogens with zero attached hydrogens (tertiary/aromatic N) is 1. The summed E-state index contributed by atoms with van der Waals surface area (Å²) in [5.74, 6) is 0.146. The van der Waals surface area contributed by atoms with Gasteiger partial charge in [0.2, 0.25) is 0 Å². The lowest BCUT2D eigenvalue weighted by atomic mass is 10.2. The van der Waals surface area contributed by atoms with Gasteiger partial charge in [-0.15, -0.1) is 11.3 Å². The van der Waals surface area contributed by atoms with Gasteiger partial charge in [-0.2, -0.15) is 0 Å². The summed E-state index contributed by atoms with van der Waals surface area (Å²) < 4.78 is 0. The molecule has 3 rings (SSSR count). The van der Waals surface area contributed by atoms with Gasteiger partial charge in [0, 0.05) is 11.4 Å². The van der Waals surface area contributed by atoms with Crippen molar-refractivity contribution in [3.05, 3.63) is 51.7 Å². The van der Waals surface area contributed by atoms with Crippen LogP contribution in [-0.2, 0) is 11.2 Å². The Morgan fingerprint density at radius 3 is 2.71 bits per heavy atom. The molecule has 0 spiro atoms. The number of hydrogen-bond donors (Lipinski definition) is 2. The number of halogens is 1. The van der Waals surface area contributed by atoms with E-state index in [1.54, 1.807) is 11.3 Å². The second-order valence-electron chi connectivity index (χ2n) is 6.04. The lowest BCUT2D eigenvalue weighted by Crippen LogP contribution is -3.16. The molecule has 0 atom stereocenters. The van der Waals surface area contributed by atoms with Crippen LogP contribution < -0.4 is 15.1 Å². The van der Waals surface area contributed by atoms with Crippen molar-refractivity contribution >= 4 is 34.5 Å². The largest absolute Gasteiger partial charge is 0.359 e. The number of nitrogens with one attached hydrogen (secondary N) is 2. The molecule has 128 valence electrons. The molecule has 0 unspecified atom stereocenters. The van der Waals surface area contributed by atoms with Crippen LogP contribution in [0.3, 0.4) is 0 Å². The van der Waals surface area contributed by atoms with Crippen molar-refractivity contribution in [3.63, 3.8) is 0 Å². The van der Waals surface area contributed by atoms with Gasteiger partial charge in [-0.3, -0.25) is 4.79 Å². The summed E-state index contributed by atoms with van der Waals surface area (Å²) in [5.41, 5.74) is 1.10. The highest BCUT2D eigenvalue weighted by Gasteiger charge is 2.23. The summed E-state index contributed by atoms with van der Waals surface area (Å²) in [7, 11) is 0. The third-order valence-corrected chi connectivity index (χ3v) is 5.60. The van der Waals surface area contributed by atoms with Crippen molar-refractivity contribution in [1.82, 2.24) is 5.32 Å². The molecule has 0 radical (unpaired) electrons. The van der Waals surface area contributed by atoms with Crippen molar-refractivity contribution in [3.8, 4) is 0 Å². The van der Waals surface area contributed by atoms with E-state index in [4.69, 9.17) is 11.6 Å². The zero-order valence-electron chi connectivity index (χ0n) is 13.6. The van der Waals surface area contributed by atoms with Crippen LogP contribution in [-0.4, -0.2) is 45.2 Å².